The molecule has 0 radical (unpaired) electrons. The minimum atomic E-state index is -4.57. The van der Waals surface area contributed by atoms with Gasteiger partial charge in [0, 0.05) is 6.54 Å². The van der Waals surface area contributed by atoms with Gasteiger partial charge in [-0.3, -0.25) is 0 Å². The summed E-state index contributed by atoms with van der Waals surface area (Å²) in [5, 5.41) is 8.73. The van der Waals surface area contributed by atoms with Crippen molar-refractivity contribution in [3.05, 3.63) is 29.3 Å². The highest BCUT2D eigenvalue weighted by Crippen LogP contribution is 2.22. The quantitative estimate of drug-likeness (QED) is 0.812. The molecule has 2 N–H and O–H groups in total. The predicted molar refractivity (Wildman–Crippen MR) is 58.1 cm³/mol. The highest BCUT2D eigenvalue weighted by atomic mass is 32.2. The first-order valence-corrected chi connectivity index (χ1v) is 6.71. The Morgan fingerprint density at radius 2 is 1.80 bits per heavy atom. The number of nitrogens with one attached hydrogen (secondary N) is 1. The van der Waals surface area contributed by atoms with Crippen molar-refractivity contribution < 1.29 is 35.5 Å². The van der Waals surface area contributed by atoms with Gasteiger partial charge in [-0.15, -0.1) is 0 Å². The summed E-state index contributed by atoms with van der Waals surface area (Å²) in [7, 11) is -4.57. The molecule has 0 aliphatic heterocycles. The lowest BCUT2D eigenvalue weighted by molar-refractivity contribution is -0.132. The number of halogens is 5. The van der Waals surface area contributed by atoms with E-state index in [1.54, 1.807) is 4.72 Å². The second kappa shape index (κ2) is 6.02. The average Bonchev–Trinajstić information content (AvgIpc) is 2.26. The molecule has 0 saturated heterocycles. The lowest BCUT2D eigenvalue weighted by Gasteiger charge is -2.11. The number of benzene rings is 1. The Labute approximate surface area is 111 Å². The molecule has 20 heavy (non-hydrogen) atoms. The minimum Gasteiger partial charge on any atom is -0.391 e. The molecule has 0 aliphatic rings. The van der Waals surface area contributed by atoms with Crippen LogP contribution in [0.4, 0.5) is 22.0 Å². The van der Waals surface area contributed by atoms with Crippen LogP contribution >= 0.6 is 0 Å². The molecule has 0 unspecified atom stereocenters. The zero-order chi connectivity index (χ0) is 15.6. The van der Waals surface area contributed by atoms with Gasteiger partial charge in [-0.05, 0) is 12.1 Å². The largest absolute Gasteiger partial charge is 0.391 e. The van der Waals surface area contributed by atoms with E-state index in [1.165, 1.54) is 0 Å². The van der Waals surface area contributed by atoms with E-state index in [4.69, 9.17) is 5.11 Å². The fourth-order valence-corrected chi connectivity index (χ4v) is 2.47. The molecule has 0 heterocycles. The first-order chi connectivity index (χ1) is 9.08. The molecule has 1 aromatic carbocycles. The zero-order valence-corrected chi connectivity index (χ0v) is 10.7. The first-order valence-electron chi connectivity index (χ1n) is 5.22. The summed E-state index contributed by atoms with van der Waals surface area (Å²) < 4.78 is 87.1. The molecule has 10 heteroatoms. The van der Waals surface area contributed by atoms with Crippen molar-refractivity contribution in [3.63, 3.8) is 0 Å². The van der Waals surface area contributed by atoms with Gasteiger partial charge in [0.15, 0.2) is 5.82 Å². The van der Waals surface area contributed by atoms with Crippen LogP contribution in [0.2, 0.25) is 0 Å². The van der Waals surface area contributed by atoms with Gasteiger partial charge < -0.3 is 5.11 Å². The normalized spacial score (nSPS) is 12.7. The average molecular weight is 319 g/mol. The van der Waals surface area contributed by atoms with Crippen molar-refractivity contribution in [3.8, 4) is 0 Å². The standard InChI is InChI=1S/C10H10F5NO3S/c11-7-1-2-8(9(12)6(7)5-17)20(18,19)16-4-3-10(13,14)15/h1-2,16-17H,3-5H2. The summed E-state index contributed by atoms with van der Waals surface area (Å²) in [5.74, 6) is -2.69. The van der Waals surface area contributed by atoms with E-state index in [2.05, 4.69) is 0 Å². The summed E-state index contributed by atoms with van der Waals surface area (Å²) in [6.45, 7) is -2.05. The van der Waals surface area contributed by atoms with Crippen LogP contribution < -0.4 is 4.72 Å². The Kier molecular flexibility index (Phi) is 5.05. The molecule has 114 valence electrons. The molecule has 0 saturated carbocycles. The number of alkyl halides is 3. The number of hydrogen-bond acceptors (Lipinski definition) is 3. The molecule has 0 aliphatic carbocycles. The van der Waals surface area contributed by atoms with Crippen molar-refractivity contribution in [1.29, 1.82) is 0 Å². The summed E-state index contributed by atoms with van der Waals surface area (Å²) in [6, 6.07) is 1.17. The lowest BCUT2D eigenvalue weighted by atomic mass is 10.2. The smallest absolute Gasteiger partial charge is 0.390 e. The maximum Gasteiger partial charge on any atom is 0.390 e. The van der Waals surface area contributed by atoms with E-state index in [1.807, 2.05) is 0 Å². The monoisotopic (exact) mass is 319 g/mol. The lowest BCUT2D eigenvalue weighted by Crippen LogP contribution is -2.29. The number of rotatable bonds is 5. The van der Waals surface area contributed by atoms with Crippen LogP contribution in [-0.2, 0) is 16.6 Å². The van der Waals surface area contributed by atoms with Crippen LogP contribution in [-0.4, -0.2) is 26.2 Å². The molecule has 1 aromatic rings. The fraction of sp³-hybridized carbons (Fsp3) is 0.400. The van der Waals surface area contributed by atoms with Gasteiger partial charge in [0.05, 0.1) is 18.6 Å². The van der Waals surface area contributed by atoms with E-state index in [0.717, 1.165) is 0 Å². The Morgan fingerprint density at radius 1 is 1.20 bits per heavy atom. The number of hydrogen-bond donors (Lipinski definition) is 2. The summed E-state index contributed by atoms with van der Waals surface area (Å²) >= 11 is 0. The van der Waals surface area contributed by atoms with Gasteiger partial charge in [-0.1, -0.05) is 0 Å². The third kappa shape index (κ3) is 4.12. The Bertz CT molecular complexity index is 585. The van der Waals surface area contributed by atoms with Gasteiger partial charge >= 0.3 is 6.18 Å². The second-order valence-corrected chi connectivity index (χ2v) is 5.49. The maximum atomic E-state index is 13.6. The van der Waals surface area contributed by atoms with E-state index in [9.17, 15) is 30.4 Å². The Morgan fingerprint density at radius 3 is 2.30 bits per heavy atom. The molecule has 0 fully saturated rings. The highest BCUT2D eigenvalue weighted by molar-refractivity contribution is 7.89. The molecule has 0 amide bonds. The van der Waals surface area contributed by atoms with Gasteiger partial charge in [-0.25, -0.2) is 21.9 Å². The molecular formula is C10H10F5NO3S. The first kappa shape index (κ1) is 16.8. The molecule has 0 atom stereocenters. The Hall–Kier alpha value is -1.26. The molecule has 1 rings (SSSR count). The van der Waals surface area contributed by atoms with Crippen molar-refractivity contribution in [2.45, 2.75) is 24.1 Å². The van der Waals surface area contributed by atoms with Crippen LogP contribution in [0.25, 0.3) is 0 Å². The van der Waals surface area contributed by atoms with Crippen LogP contribution in [0.5, 0.6) is 0 Å². The minimum absolute atomic E-state index is 0.569. The molecule has 0 spiro atoms. The summed E-state index contributed by atoms with van der Waals surface area (Å²) in [4.78, 5) is -1.02. The maximum absolute atomic E-state index is 13.6. The Balaban J connectivity index is 2.99. The third-order valence-corrected chi connectivity index (χ3v) is 3.78. The zero-order valence-electron chi connectivity index (χ0n) is 9.84. The van der Waals surface area contributed by atoms with E-state index >= 15 is 0 Å². The van der Waals surface area contributed by atoms with Crippen LogP contribution in [0, 0.1) is 11.6 Å². The topological polar surface area (TPSA) is 66.4 Å². The molecule has 4 nitrogen and oxygen atoms in total. The van der Waals surface area contributed by atoms with Crippen molar-refractivity contribution >= 4 is 10.0 Å². The summed E-state index contributed by atoms with van der Waals surface area (Å²) in [6.07, 6.45) is -6.00. The fourth-order valence-electron chi connectivity index (χ4n) is 1.33. The molecular weight excluding hydrogens is 309 g/mol. The predicted octanol–water partition coefficient (Wildman–Crippen LogP) is 1.69. The number of aliphatic hydroxyl groups is 1. The van der Waals surface area contributed by atoms with E-state index in [-0.39, 0.29) is 0 Å². The highest BCUT2D eigenvalue weighted by Gasteiger charge is 2.29. The van der Waals surface area contributed by atoms with E-state index in [0.29, 0.717) is 12.1 Å². The summed E-state index contributed by atoms with van der Waals surface area (Å²) in [5.41, 5.74) is -0.872. The van der Waals surface area contributed by atoms with Gasteiger partial charge in [0.2, 0.25) is 10.0 Å². The van der Waals surface area contributed by atoms with Crippen LogP contribution in [0.3, 0.4) is 0 Å². The number of aliphatic hydroxyl groups excluding tert-OH is 1. The third-order valence-electron chi connectivity index (χ3n) is 2.30. The van der Waals surface area contributed by atoms with Crippen LogP contribution in [0.15, 0.2) is 17.0 Å². The second-order valence-electron chi connectivity index (χ2n) is 3.76. The van der Waals surface area contributed by atoms with Crippen molar-refractivity contribution in [2.24, 2.45) is 0 Å². The van der Waals surface area contributed by atoms with E-state index < -0.39 is 57.9 Å². The van der Waals surface area contributed by atoms with Gasteiger partial charge in [-0.2, -0.15) is 13.2 Å². The molecule has 0 bridgehead atoms. The van der Waals surface area contributed by atoms with Gasteiger partial charge in [0.1, 0.15) is 10.7 Å². The SMILES string of the molecule is O=S(=O)(NCCC(F)(F)F)c1ccc(F)c(CO)c1F. The number of sulfonamides is 1. The van der Waals surface area contributed by atoms with Crippen LogP contribution in [0.1, 0.15) is 12.0 Å². The van der Waals surface area contributed by atoms with Gasteiger partial charge in [0.25, 0.3) is 0 Å². The van der Waals surface area contributed by atoms with Crippen molar-refractivity contribution in [1.82, 2.24) is 4.72 Å². The molecule has 0 aromatic heterocycles. The van der Waals surface area contributed by atoms with Crippen molar-refractivity contribution in [2.75, 3.05) is 6.54 Å².